The molecule has 0 radical (unpaired) electrons. The number of nitrogens with one attached hydrogen (secondary N) is 1. The van der Waals surface area contributed by atoms with Crippen LogP contribution in [0.5, 0.6) is 5.75 Å². The average Bonchev–Trinajstić information content (AvgIpc) is 2.95. The van der Waals surface area contributed by atoms with E-state index in [9.17, 15) is 4.79 Å². The molecule has 0 bridgehead atoms. The van der Waals surface area contributed by atoms with Crippen LogP contribution in [0.1, 0.15) is 22.5 Å². The van der Waals surface area contributed by atoms with Crippen LogP contribution in [-0.2, 0) is 17.8 Å². The molecule has 0 spiro atoms. The van der Waals surface area contributed by atoms with Gasteiger partial charge in [-0.25, -0.2) is 4.68 Å². The molecule has 0 saturated heterocycles. The quantitative estimate of drug-likeness (QED) is 0.634. The Morgan fingerprint density at radius 1 is 1.14 bits per heavy atom. The maximum Gasteiger partial charge on any atom is 0.224 e. The van der Waals surface area contributed by atoms with Crippen molar-refractivity contribution in [3.8, 4) is 11.4 Å². The van der Waals surface area contributed by atoms with E-state index in [2.05, 4.69) is 10.4 Å². The van der Waals surface area contributed by atoms with Gasteiger partial charge >= 0.3 is 0 Å². The number of aromatic nitrogens is 2. The Hall–Kier alpha value is -2.50. The van der Waals surface area contributed by atoms with Crippen molar-refractivity contribution < 1.29 is 9.53 Å². The fourth-order valence-corrected chi connectivity index (χ4v) is 3.47. The molecule has 1 N–H and O–H groups in total. The van der Waals surface area contributed by atoms with E-state index in [0.717, 1.165) is 34.0 Å². The first-order chi connectivity index (χ1) is 13.4. The van der Waals surface area contributed by atoms with Crippen molar-refractivity contribution >= 4 is 29.1 Å². The van der Waals surface area contributed by atoms with Crippen LogP contribution in [0.4, 0.5) is 0 Å². The van der Waals surface area contributed by atoms with Crippen molar-refractivity contribution in [1.82, 2.24) is 15.1 Å². The highest BCUT2D eigenvalue weighted by atomic mass is 35.5. The van der Waals surface area contributed by atoms with Gasteiger partial charge in [-0.1, -0.05) is 35.3 Å². The van der Waals surface area contributed by atoms with Crippen LogP contribution in [0.15, 0.2) is 42.5 Å². The van der Waals surface area contributed by atoms with Crippen LogP contribution in [0.2, 0.25) is 10.0 Å². The third-order valence-electron chi connectivity index (χ3n) is 4.57. The second-order valence-corrected chi connectivity index (χ2v) is 7.30. The monoisotopic (exact) mass is 417 g/mol. The summed E-state index contributed by atoms with van der Waals surface area (Å²) in [5.41, 5.74) is 4.30. The first-order valence-electron chi connectivity index (χ1n) is 8.79. The number of aryl methyl sites for hydroxylation is 1. The highest BCUT2D eigenvalue weighted by Crippen LogP contribution is 2.27. The summed E-state index contributed by atoms with van der Waals surface area (Å²) >= 11 is 12.3. The number of carbonyl (C=O) groups excluding carboxylic acids is 1. The molecule has 2 aromatic carbocycles. The third-order valence-corrected chi connectivity index (χ3v) is 5.10. The van der Waals surface area contributed by atoms with Crippen LogP contribution in [-0.4, -0.2) is 22.8 Å². The summed E-state index contributed by atoms with van der Waals surface area (Å²) < 4.78 is 6.89. The number of halogens is 2. The Morgan fingerprint density at radius 3 is 2.50 bits per heavy atom. The molecule has 0 saturated carbocycles. The molecule has 1 aromatic heterocycles. The van der Waals surface area contributed by atoms with Gasteiger partial charge in [-0.2, -0.15) is 5.10 Å². The highest BCUT2D eigenvalue weighted by molar-refractivity contribution is 6.35. The number of hydrogen-bond acceptors (Lipinski definition) is 3. The van der Waals surface area contributed by atoms with Gasteiger partial charge in [-0.05, 0) is 49.7 Å². The minimum absolute atomic E-state index is 0.0660. The van der Waals surface area contributed by atoms with E-state index in [-0.39, 0.29) is 12.3 Å². The molecule has 3 aromatic rings. The van der Waals surface area contributed by atoms with Crippen molar-refractivity contribution in [3.05, 3.63) is 75.0 Å². The molecule has 3 rings (SSSR count). The highest BCUT2D eigenvalue weighted by Gasteiger charge is 2.17. The smallest absolute Gasteiger partial charge is 0.224 e. The summed E-state index contributed by atoms with van der Waals surface area (Å²) in [4.78, 5) is 12.5. The van der Waals surface area contributed by atoms with Crippen LogP contribution in [0, 0.1) is 13.8 Å². The Kier molecular flexibility index (Phi) is 6.27. The van der Waals surface area contributed by atoms with Gasteiger partial charge in [-0.15, -0.1) is 0 Å². The van der Waals surface area contributed by atoms with Gasteiger partial charge in [0.25, 0.3) is 0 Å². The standard InChI is InChI=1S/C21H21Cl2N3O2/c1-13-18(11-21(27)24-12-15-4-7-17(28-3)8-5-15)14(2)26(25-13)20-9-6-16(22)10-19(20)23/h4-10H,11-12H2,1-3H3,(H,24,27). The lowest BCUT2D eigenvalue weighted by Gasteiger charge is -2.09. The molecule has 1 amide bonds. The van der Waals surface area contributed by atoms with E-state index in [1.165, 1.54) is 0 Å². The van der Waals surface area contributed by atoms with E-state index < -0.39 is 0 Å². The van der Waals surface area contributed by atoms with Gasteiger partial charge in [0.05, 0.1) is 29.9 Å². The summed E-state index contributed by atoms with van der Waals surface area (Å²) in [6, 6.07) is 12.9. The molecule has 0 fully saturated rings. The van der Waals surface area contributed by atoms with E-state index in [4.69, 9.17) is 27.9 Å². The predicted molar refractivity (Wildman–Crippen MR) is 112 cm³/mol. The van der Waals surface area contributed by atoms with Crippen molar-refractivity contribution in [2.24, 2.45) is 0 Å². The van der Waals surface area contributed by atoms with Gasteiger partial charge in [0.1, 0.15) is 5.75 Å². The molecule has 7 heteroatoms. The Labute approximate surface area is 174 Å². The maximum atomic E-state index is 12.5. The zero-order valence-corrected chi connectivity index (χ0v) is 17.4. The molecule has 0 aliphatic carbocycles. The van der Waals surface area contributed by atoms with Crippen molar-refractivity contribution in [2.45, 2.75) is 26.8 Å². The number of ether oxygens (including phenoxy) is 1. The minimum atomic E-state index is -0.0660. The van der Waals surface area contributed by atoms with E-state index in [1.807, 2.05) is 44.2 Å². The lowest BCUT2D eigenvalue weighted by molar-refractivity contribution is -0.120. The predicted octanol–water partition coefficient (Wildman–Crippen LogP) is 4.66. The number of hydrogen-bond donors (Lipinski definition) is 1. The molecular weight excluding hydrogens is 397 g/mol. The van der Waals surface area contributed by atoms with Crippen LogP contribution >= 0.6 is 23.2 Å². The lowest BCUT2D eigenvalue weighted by atomic mass is 10.1. The second kappa shape index (κ2) is 8.67. The van der Waals surface area contributed by atoms with Gasteiger partial charge in [0, 0.05) is 22.8 Å². The molecule has 28 heavy (non-hydrogen) atoms. The number of amides is 1. The number of benzene rings is 2. The minimum Gasteiger partial charge on any atom is -0.497 e. The molecule has 0 aliphatic heterocycles. The molecule has 0 aliphatic rings. The molecule has 0 atom stereocenters. The Bertz CT molecular complexity index is 998. The van der Waals surface area contributed by atoms with Gasteiger partial charge in [-0.3, -0.25) is 4.79 Å². The van der Waals surface area contributed by atoms with E-state index >= 15 is 0 Å². The third kappa shape index (κ3) is 4.49. The summed E-state index contributed by atoms with van der Waals surface area (Å²) in [6.45, 7) is 4.27. The largest absolute Gasteiger partial charge is 0.497 e. The Balaban J connectivity index is 1.71. The average molecular weight is 418 g/mol. The van der Waals surface area contributed by atoms with Crippen molar-refractivity contribution in [3.63, 3.8) is 0 Å². The zero-order valence-electron chi connectivity index (χ0n) is 15.9. The molecule has 5 nitrogen and oxygen atoms in total. The fraction of sp³-hybridized carbons (Fsp3) is 0.238. The summed E-state index contributed by atoms with van der Waals surface area (Å²) in [5.74, 6) is 0.721. The fourth-order valence-electron chi connectivity index (χ4n) is 2.99. The van der Waals surface area contributed by atoms with Crippen LogP contribution in [0.3, 0.4) is 0 Å². The second-order valence-electron chi connectivity index (χ2n) is 6.46. The number of rotatable bonds is 6. The first-order valence-corrected chi connectivity index (χ1v) is 9.54. The number of carbonyl (C=O) groups is 1. The van der Waals surface area contributed by atoms with Crippen molar-refractivity contribution in [1.29, 1.82) is 0 Å². The van der Waals surface area contributed by atoms with E-state index in [0.29, 0.717) is 16.6 Å². The zero-order chi connectivity index (χ0) is 20.3. The molecular formula is C21H21Cl2N3O2. The summed E-state index contributed by atoms with van der Waals surface area (Å²) in [6.07, 6.45) is 0.249. The SMILES string of the molecule is COc1ccc(CNC(=O)Cc2c(C)nn(-c3ccc(Cl)cc3Cl)c2C)cc1. The van der Waals surface area contributed by atoms with Crippen LogP contribution < -0.4 is 10.1 Å². The molecule has 0 unspecified atom stereocenters. The van der Waals surface area contributed by atoms with Gasteiger partial charge < -0.3 is 10.1 Å². The number of nitrogens with zero attached hydrogens (tertiary/aromatic N) is 2. The van der Waals surface area contributed by atoms with E-state index in [1.54, 1.807) is 23.9 Å². The van der Waals surface area contributed by atoms with Gasteiger partial charge in [0.15, 0.2) is 0 Å². The lowest BCUT2D eigenvalue weighted by Crippen LogP contribution is -2.25. The normalized spacial score (nSPS) is 10.8. The van der Waals surface area contributed by atoms with Crippen LogP contribution in [0.25, 0.3) is 5.69 Å². The van der Waals surface area contributed by atoms with Gasteiger partial charge in [0.2, 0.25) is 5.91 Å². The summed E-state index contributed by atoms with van der Waals surface area (Å²) in [5, 5.41) is 8.57. The molecule has 1 heterocycles. The molecule has 146 valence electrons. The maximum absolute atomic E-state index is 12.5. The topological polar surface area (TPSA) is 56.1 Å². The Morgan fingerprint density at radius 2 is 1.86 bits per heavy atom. The number of methoxy groups -OCH3 is 1. The summed E-state index contributed by atoms with van der Waals surface area (Å²) in [7, 11) is 1.62. The van der Waals surface area contributed by atoms with Crippen molar-refractivity contribution in [2.75, 3.05) is 7.11 Å². The first kappa shape index (κ1) is 20.2.